The first-order valence-electron chi connectivity index (χ1n) is 12.5. The van der Waals surface area contributed by atoms with Gasteiger partial charge >= 0.3 is 0 Å². The van der Waals surface area contributed by atoms with Crippen LogP contribution < -0.4 is 0 Å². The zero-order valence-corrected chi connectivity index (χ0v) is 19.4. The summed E-state index contributed by atoms with van der Waals surface area (Å²) in [5.41, 5.74) is 7.92. The van der Waals surface area contributed by atoms with Gasteiger partial charge in [-0.05, 0) is 66.7 Å². The molecule has 2 heteroatoms. The molecular formula is C31H39NO. The van der Waals surface area contributed by atoms with E-state index >= 15 is 0 Å². The Labute approximate surface area is 202 Å². The summed E-state index contributed by atoms with van der Waals surface area (Å²) < 4.78 is 0. The topological polar surface area (TPSA) is 29.4 Å². The number of benzene rings is 2. The fraction of sp³-hybridized carbons (Fsp3) is 0.355. The van der Waals surface area contributed by atoms with Crippen LogP contribution in [0.1, 0.15) is 71.8 Å². The molecule has 2 aliphatic carbocycles. The number of allylic oxidation sites excluding steroid dienone is 5. The summed E-state index contributed by atoms with van der Waals surface area (Å²) >= 11 is 0. The van der Waals surface area contributed by atoms with Crippen LogP contribution in [0.2, 0.25) is 0 Å². The molecule has 0 radical (unpaired) electrons. The standard InChI is InChI=1S/C31H33NO.3H2/c33-29(20-23-9-2-1-3-10-23)21-24-11-6-13-26(19-24)27-14-7-15-28(22-27)31-30-17-5-4-12-25(30)16-8-18-32-31;;;/h1-3,5-6,8-11,13,17-19,27-28H,4,7,12,14-16,20-22H2;3*1H/t27-,28?;;;/m1.../s1. The summed E-state index contributed by atoms with van der Waals surface area (Å²) in [6.07, 6.45) is 18.1. The van der Waals surface area contributed by atoms with Crippen LogP contribution in [0.3, 0.4) is 0 Å². The molecule has 1 unspecified atom stereocenters. The third-order valence-electron chi connectivity index (χ3n) is 7.37. The second kappa shape index (κ2) is 10.3. The number of Topliss-reactive ketones (excluding diaryl/α,β-unsaturated/α-hetero) is 1. The summed E-state index contributed by atoms with van der Waals surface area (Å²) in [5.74, 6) is 1.34. The van der Waals surface area contributed by atoms with E-state index in [0.717, 1.165) is 30.4 Å². The molecule has 1 fully saturated rings. The molecule has 3 aliphatic rings. The second-order valence-corrected chi connectivity index (χ2v) is 9.74. The third kappa shape index (κ3) is 5.33. The average Bonchev–Trinajstić information content (AvgIpc) is 3.07. The van der Waals surface area contributed by atoms with E-state index in [4.69, 9.17) is 4.99 Å². The van der Waals surface area contributed by atoms with Gasteiger partial charge in [0.15, 0.2) is 0 Å². The number of nitrogens with zero attached hydrogens (tertiary/aromatic N) is 1. The van der Waals surface area contributed by atoms with Gasteiger partial charge in [0.25, 0.3) is 0 Å². The van der Waals surface area contributed by atoms with Crippen molar-refractivity contribution in [3.8, 4) is 0 Å². The van der Waals surface area contributed by atoms with E-state index in [1.807, 2.05) is 36.5 Å². The van der Waals surface area contributed by atoms with Crippen molar-refractivity contribution < 1.29 is 9.07 Å². The van der Waals surface area contributed by atoms with Gasteiger partial charge in [-0.3, -0.25) is 9.79 Å². The predicted molar refractivity (Wildman–Crippen MR) is 143 cm³/mol. The van der Waals surface area contributed by atoms with Crippen molar-refractivity contribution in [2.24, 2.45) is 10.9 Å². The van der Waals surface area contributed by atoms with Gasteiger partial charge in [-0.15, -0.1) is 0 Å². The van der Waals surface area contributed by atoms with Gasteiger partial charge in [0.1, 0.15) is 5.78 Å². The number of hydrogen-bond donors (Lipinski definition) is 0. The van der Waals surface area contributed by atoms with Crippen LogP contribution in [-0.4, -0.2) is 11.5 Å². The van der Waals surface area contributed by atoms with Gasteiger partial charge in [-0.2, -0.15) is 0 Å². The minimum absolute atomic E-state index is 0. The van der Waals surface area contributed by atoms with Gasteiger partial charge in [-0.1, -0.05) is 84.8 Å². The maximum Gasteiger partial charge on any atom is 0.141 e. The van der Waals surface area contributed by atoms with Gasteiger partial charge in [0.05, 0.1) is 5.71 Å². The molecule has 0 N–H and O–H groups in total. The van der Waals surface area contributed by atoms with E-state index in [-0.39, 0.29) is 10.1 Å². The highest BCUT2D eigenvalue weighted by Gasteiger charge is 2.29. The van der Waals surface area contributed by atoms with Gasteiger partial charge in [0, 0.05) is 29.2 Å². The lowest BCUT2D eigenvalue weighted by molar-refractivity contribution is -0.117. The number of aliphatic imine (C=N–C) groups is 1. The molecule has 1 aliphatic heterocycles. The van der Waals surface area contributed by atoms with E-state index in [2.05, 4.69) is 42.5 Å². The minimum Gasteiger partial charge on any atom is -0.299 e. The molecule has 0 saturated heterocycles. The predicted octanol–water partition coefficient (Wildman–Crippen LogP) is 8.06. The van der Waals surface area contributed by atoms with Crippen LogP contribution >= 0.6 is 0 Å². The van der Waals surface area contributed by atoms with Crippen molar-refractivity contribution in [2.75, 3.05) is 0 Å². The fourth-order valence-corrected chi connectivity index (χ4v) is 5.72. The molecule has 0 aromatic heterocycles. The zero-order valence-electron chi connectivity index (χ0n) is 19.4. The number of rotatable bonds is 6. The summed E-state index contributed by atoms with van der Waals surface area (Å²) in [5, 5.41) is 0. The lowest BCUT2D eigenvalue weighted by Gasteiger charge is -2.32. The molecule has 2 aromatic carbocycles. The maximum atomic E-state index is 12.7. The lowest BCUT2D eigenvalue weighted by atomic mass is 9.73. The van der Waals surface area contributed by atoms with Crippen LogP contribution in [0.4, 0.5) is 0 Å². The van der Waals surface area contributed by atoms with Crippen LogP contribution in [0.15, 0.2) is 95.2 Å². The van der Waals surface area contributed by atoms with E-state index in [1.165, 1.54) is 42.5 Å². The smallest absolute Gasteiger partial charge is 0.141 e. The summed E-state index contributed by atoms with van der Waals surface area (Å²) in [6.45, 7) is 0. The molecule has 0 amide bonds. The van der Waals surface area contributed by atoms with E-state index in [0.29, 0.717) is 24.7 Å². The quantitative estimate of drug-likeness (QED) is 0.446. The first-order valence-corrected chi connectivity index (χ1v) is 12.5. The van der Waals surface area contributed by atoms with Crippen LogP contribution in [0.25, 0.3) is 0 Å². The first kappa shape index (κ1) is 21.8. The molecule has 2 nitrogen and oxygen atoms in total. The molecule has 5 rings (SSSR count). The summed E-state index contributed by atoms with van der Waals surface area (Å²) in [4.78, 5) is 17.6. The van der Waals surface area contributed by atoms with Crippen molar-refractivity contribution in [3.63, 3.8) is 0 Å². The Kier molecular flexibility index (Phi) is 6.81. The minimum atomic E-state index is 0. The Morgan fingerprint density at radius 2 is 1.76 bits per heavy atom. The van der Waals surface area contributed by atoms with Crippen molar-refractivity contribution in [3.05, 3.63) is 107 Å². The van der Waals surface area contributed by atoms with E-state index in [1.54, 1.807) is 5.57 Å². The van der Waals surface area contributed by atoms with Crippen LogP contribution in [0.5, 0.6) is 0 Å². The molecule has 2 atom stereocenters. The SMILES string of the molecule is O=C(Cc1ccccc1)Cc1cccc([C@@H]2CCCC(C3=NC=CCC4=C3C=CCC4)C2)c1.[HH].[HH].[HH]. The Bertz CT molecular complexity index is 1130. The normalized spacial score (nSPS) is 22.5. The first-order chi connectivity index (χ1) is 16.3. The van der Waals surface area contributed by atoms with Crippen LogP contribution in [0, 0.1) is 5.92 Å². The van der Waals surface area contributed by atoms with Crippen LogP contribution in [-0.2, 0) is 17.6 Å². The van der Waals surface area contributed by atoms with Crippen molar-refractivity contribution in [1.29, 1.82) is 0 Å². The number of ketones is 1. The molecule has 33 heavy (non-hydrogen) atoms. The fourth-order valence-electron chi connectivity index (χ4n) is 5.72. The lowest BCUT2D eigenvalue weighted by Crippen LogP contribution is -2.24. The highest BCUT2D eigenvalue weighted by atomic mass is 16.1. The van der Waals surface area contributed by atoms with E-state index < -0.39 is 0 Å². The molecule has 0 bridgehead atoms. The van der Waals surface area contributed by atoms with Gasteiger partial charge in [0.2, 0.25) is 0 Å². The van der Waals surface area contributed by atoms with Gasteiger partial charge in [-0.25, -0.2) is 0 Å². The Morgan fingerprint density at radius 3 is 2.67 bits per heavy atom. The Hall–Kier alpha value is -3.00. The third-order valence-corrected chi connectivity index (χ3v) is 7.37. The number of carbonyl (C=O) groups is 1. The summed E-state index contributed by atoms with van der Waals surface area (Å²) in [6, 6.07) is 18.9. The largest absolute Gasteiger partial charge is 0.299 e. The van der Waals surface area contributed by atoms with Gasteiger partial charge < -0.3 is 0 Å². The molecule has 174 valence electrons. The van der Waals surface area contributed by atoms with Crippen molar-refractivity contribution >= 4 is 11.5 Å². The molecule has 2 aromatic rings. The highest BCUT2D eigenvalue weighted by Crippen LogP contribution is 2.40. The van der Waals surface area contributed by atoms with Crippen molar-refractivity contribution in [2.45, 2.75) is 63.7 Å². The molecule has 0 spiro atoms. The summed E-state index contributed by atoms with van der Waals surface area (Å²) in [7, 11) is 0. The highest BCUT2D eigenvalue weighted by molar-refractivity contribution is 6.05. The Balaban J connectivity index is 0.00000152. The molecule has 1 saturated carbocycles. The zero-order chi connectivity index (χ0) is 22.5. The number of carbonyl (C=O) groups excluding carboxylic acids is 1. The maximum absolute atomic E-state index is 12.7. The monoisotopic (exact) mass is 441 g/mol. The Morgan fingerprint density at radius 1 is 0.939 bits per heavy atom. The molecular weight excluding hydrogens is 402 g/mol. The van der Waals surface area contributed by atoms with E-state index in [9.17, 15) is 4.79 Å². The second-order valence-electron chi connectivity index (χ2n) is 9.74. The average molecular weight is 442 g/mol. The number of hydrogen-bond acceptors (Lipinski definition) is 2. The molecule has 1 heterocycles. The van der Waals surface area contributed by atoms with Crippen molar-refractivity contribution in [1.82, 2.24) is 0 Å².